The summed E-state index contributed by atoms with van der Waals surface area (Å²) in [6.45, 7) is 10.5. The molecular weight excluding hydrogens is 367 g/mol. The largest absolute Gasteiger partial charge is 0.352 e. The lowest BCUT2D eigenvalue weighted by Gasteiger charge is -2.34. The maximum atomic E-state index is 13.9. The van der Waals surface area contributed by atoms with Gasteiger partial charge in [-0.2, -0.15) is 4.68 Å². The van der Waals surface area contributed by atoms with Gasteiger partial charge >= 0.3 is 0 Å². The van der Waals surface area contributed by atoms with Crippen LogP contribution in [0.25, 0.3) is 10.9 Å². The lowest BCUT2D eigenvalue weighted by atomic mass is 10.1. The molecule has 2 aromatic rings. The summed E-state index contributed by atoms with van der Waals surface area (Å²) in [7, 11) is 0. The first-order valence-electron chi connectivity index (χ1n) is 11.1. The maximum absolute atomic E-state index is 13.9. The molecule has 1 aliphatic heterocycles. The smallest absolute Gasteiger partial charge is 0.247 e. The number of halogens is 1. The Kier molecular flexibility index (Phi) is 8.04. The number of aromatic nitrogens is 2. The highest BCUT2D eigenvalue weighted by molar-refractivity contribution is 5.97. The van der Waals surface area contributed by atoms with E-state index in [1.807, 2.05) is 0 Å². The van der Waals surface area contributed by atoms with Crippen LogP contribution in [-0.4, -0.2) is 53.3 Å². The highest BCUT2D eigenvalue weighted by Gasteiger charge is 2.23. The first kappa shape index (κ1) is 21.8. The average molecular weight is 402 g/mol. The molecule has 1 aliphatic rings. The normalized spacial score (nSPS) is 15.3. The lowest BCUT2D eigenvalue weighted by Crippen LogP contribution is -2.46. The molecule has 2 heterocycles. The second-order valence-electron chi connectivity index (χ2n) is 7.99. The van der Waals surface area contributed by atoms with Crippen molar-refractivity contribution in [3.8, 4) is 0 Å². The third-order valence-corrected chi connectivity index (χ3v) is 5.84. The van der Waals surface area contributed by atoms with E-state index >= 15 is 0 Å². The number of anilines is 1. The number of piperazine rings is 1. The van der Waals surface area contributed by atoms with Gasteiger partial charge < -0.3 is 4.90 Å². The van der Waals surface area contributed by atoms with E-state index < -0.39 is 0 Å². The number of hydrogen-bond acceptors (Lipinski definition) is 4. The van der Waals surface area contributed by atoms with Gasteiger partial charge in [-0.05, 0) is 32.0 Å². The van der Waals surface area contributed by atoms with Crippen molar-refractivity contribution < 1.29 is 9.18 Å². The predicted octanol–water partition coefficient (Wildman–Crippen LogP) is 4.91. The van der Waals surface area contributed by atoms with Gasteiger partial charge in [0.2, 0.25) is 5.91 Å². The predicted molar refractivity (Wildman–Crippen MR) is 117 cm³/mol. The Balaban J connectivity index is 1.67. The van der Waals surface area contributed by atoms with Crippen LogP contribution in [0.2, 0.25) is 0 Å². The minimum atomic E-state index is -0.337. The molecule has 0 aliphatic carbocycles. The number of nitrogens with zero attached hydrogens (tertiary/aromatic N) is 4. The summed E-state index contributed by atoms with van der Waals surface area (Å²) in [6, 6.07) is 4.63. The van der Waals surface area contributed by atoms with Crippen LogP contribution in [0.3, 0.4) is 0 Å². The fourth-order valence-corrected chi connectivity index (χ4v) is 4.02. The zero-order valence-electron chi connectivity index (χ0n) is 17.7. The summed E-state index contributed by atoms with van der Waals surface area (Å²) in [5.74, 6) is 0.407. The summed E-state index contributed by atoms with van der Waals surface area (Å²) >= 11 is 0. The minimum absolute atomic E-state index is 0.0446. The molecule has 0 amide bonds. The van der Waals surface area contributed by atoms with Crippen molar-refractivity contribution in [2.45, 2.75) is 58.3 Å². The van der Waals surface area contributed by atoms with Crippen LogP contribution in [0.15, 0.2) is 18.2 Å². The molecule has 29 heavy (non-hydrogen) atoms. The van der Waals surface area contributed by atoms with Gasteiger partial charge in [0.1, 0.15) is 5.82 Å². The van der Waals surface area contributed by atoms with E-state index in [0.29, 0.717) is 11.9 Å². The molecule has 1 radical (unpaired) electrons. The molecule has 0 bridgehead atoms. The first-order chi connectivity index (χ1) is 14.1. The van der Waals surface area contributed by atoms with Crippen molar-refractivity contribution >= 4 is 22.6 Å². The Bertz CT molecular complexity index is 796. The van der Waals surface area contributed by atoms with E-state index in [2.05, 4.69) is 28.7 Å². The summed E-state index contributed by atoms with van der Waals surface area (Å²) in [6.07, 6.45) is 8.59. The summed E-state index contributed by atoms with van der Waals surface area (Å²) in [5.41, 5.74) is 0.576. The standard InChI is InChI=1S/C23H34FN4O/c1-3-5-6-7-8-9-10-11-22(29)28-21-18-19(24)12-13-20(21)23(25-28)27-16-14-26(4-2)15-17-27/h12-13,18H,2-11,14-17H2,1H3. The van der Waals surface area contributed by atoms with E-state index in [1.165, 1.54) is 48.9 Å². The molecule has 1 fully saturated rings. The van der Waals surface area contributed by atoms with E-state index in [-0.39, 0.29) is 11.7 Å². The molecule has 6 heteroatoms. The van der Waals surface area contributed by atoms with Crippen molar-refractivity contribution in [3.05, 3.63) is 30.9 Å². The molecule has 3 rings (SSSR count). The second-order valence-corrected chi connectivity index (χ2v) is 7.99. The molecule has 0 spiro atoms. The summed E-state index contributed by atoms with van der Waals surface area (Å²) < 4.78 is 15.3. The van der Waals surface area contributed by atoms with E-state index in [0.717, 1.165) is 56.8 Å². The Morgan fingerprint density at radius 3 is 2.45 bits per heavy atom. The molecule has 159 valence electrons. The number of unbranched alkanes of at least 4 members (excludes halogenated alkanes) is 6. The van der Waals surface area contributed by atoms with E-state index in [1.54, 1.807) is 6.07 Å². The summed E-state index contributed by atoms with van der Waals surface area (Å²) in [4.78, 5) is 17.3. The van der Waals surface area contributed by atoms with Gasteiger partial charge in [0.15, 0.2) is 5.82 Å². The van der Waals surface area contributed by atoms with Gasteiger partial charge in [-0.3, -0.25) is 9.69 Å². The second kappa shape index (κ2) is 10.7. The average Bonchev–Trinajstić information content (AvgIpc) is 3.11. The molecule has 0 saturated carbocycles. The van der Waals surface area contributed by atoms with Gasteiger partial charge in [0, 0.05) is 44.1 Å². The topological polar surface area (TPSA) is 41.4 Å². The Morgan fingerprint density at radius 1 is 1.07 bits per heavy atom. The molecular formula is C23H34FN4O. The van der Waals surface area contributed by atoms with Gasteiger partial charge in [-0.1, -0.05) is 45.4 Å². The minimum Gasteiger partial charge on any atom is -0.352 e. The van der Waals surface area contributed by atoms with Crippen molar-refractivity contribution in [1.82, 2.24) is 14.7 Å². The fraction of sp³-hybridized carbons (Fsp3) is 0.609. The highest BCUT2D eigenvalue weighted by atomic mass is 19.1. The zero-order chi connectivity index (χ0) is 20.6. The summed E-state index contributed by atoms with van der Waals surface area (Å²) in [5, 5.41) is 5.49. The van der Waals surface area contributed by atoms with Crippen LogP contribution >= 0.6 is 0 Å². The Labute approximate surface area is 173 Å². The molecule has 1 aromatic heterocycles. The first-order valence-corrected chi connectivity index (χ1v) is 11.1. The monoisotopic (exact) mass is 401 g/mol. The molecule has 1 aromatic carbocycles. The van der Waals surface area contributed by atoms with Crippen LogP contribution in [0.1, 0.15) is 63.1 Å². The van der Waals surface area contributed by atoms with Crippen molar-refractivity contribution in [1.29, 1.82) is 0 Å². The zero-order valence-corrected chi connectivity index (χ0v) is 17.7. The third-order valence-electron chi connectivity index (χ3n) is 5.84. The van der Waals surface area contributed by atoms with Gasteiger partial charge in [0.05, 0.1) is 5.52 Å². The van der Waals surface area contributed by atoms with Crippen molar-refractivity contribution in [2.75, 3.05) is 37.6 Å². The van der Waals surface area contributed by atoms with Crippen molar-refractivity contribution in [2.24, 2.45) is 0 Å². The highest BCUT2D eigenvalue weighted by Crippen LogP contribution is 2.28. The molecule has 0 unspecified atom stereocenters. The number of rotatable bonds is 10. The Hall–Kier alpha value is -1.95. The van der Waals surface area contributed by atoms with Gasteiger partial charge in [-0.25, -0.2) is 4.39 Å². The molecule has 5 nitrogen and oxygen atoms in total. The van der Waals surface area contributed by atoms with Crippen LogP contribution in [0.5, 0.6) is 0 Å². The van der Waals surface area contributed by atoms with Crippen LogP contribution < -0.4 is 4.90 Å². The van der Waals surface area contributed by atoms with Crippen LogP contribution in [0.4, 0.5) is 10.2 Å². The van der Waals surface area contributed by atoms with E-state index in [9.17, 15) is 9.18 Å². The molecule has 1 saturated heterocycles. The van der Waals surface area contributed by atoms with E-state index in [4.69, 9.17) is 0 Å². The number of carbonyl (C=O) groups is 1. The third kappa shape index (κ3) is 5.56. The van der Waals surface area contributed by atoms with Gasteiger partial charge in [-0.15, -0.1) is 5.10 Å². The lowest BCUT2D eigenvalue weighted by molar-refractivity contribution is 0.0889. The number of carbonyl (C=O) groups excluding carboxylic acids is 1. The molecule has 0 N–H and O–H groups in total. The van der Waals surface area contributed by atoms with Crippen LogP contribution in [0, 0.1) is 12.7 Å². The quantitative estimate of drug-likeness (QED) is 0.530. The van der Waals surface area contributed by atoms with Gasteiger partial charge in [0.25, 0.3) is 0 Å². The maximum Gasteiger partial charge on any atom is 0.247 e. The number of benzene rings is 1. The number of fused-ring (bicyclic) bond motifs is 1. The fourth-order valence-electron chi connectivity index (χ4n) is 4.02. The number of hydrogen-bond donors (Lipinski definition) is 0. The van der Waals surface area contributed by atoms with Crippen LogP contribution in [-0.2, 0) is 0 Å². The molecule has 0 atom stereocenters. The van der Waals surface area contributed by atoms with Crippen molar-refractivity contribution in [3.63, 3.8) is 0 Å². The SMILES string of the molecule is [CH2]CN1CCN(c2nn(C(=O)CCCCCCCCC)c3cc(F)ccc23)CC1. The Morgan fingerprint density at radius 2 is 1.76 bits per heavy atom.